The number of ether oxygens (including phenoxy) is 1. The van der Waals surface area contributed by atoms with Gasteiger partial charge in [-0.1, -0.05) is 12.1 Å². The van der Waals surface area contributed by atoms with Crippen molar-refractivity contribution in [3.8, 4) is 5.75 Å². The molecule has 3 nitrogen and oxygen atoms in total. The zero-order chi connectivity index (χ0) is 14.5. The molecule has 0 heterocycles. The molecule has 104 valence electrons. The third-order valence-electron chi connectivity index (χ3n) is 2.76. The maximum Gasteiger partial charge on any atom is 0.258 e. The van der Waals surface area contributed by atoms with Crippen LogP contribution in [-0.4, -0.2) is 13.0 Å². The number of rotatable bonds is 4. The second-order valence-corrected chi connectivity index (χ2v) is 4.40. The number of hydrogen-bond acceptors (Lipinski definition) is 2. The highest BCUT2D eigenvalue weighted by atomic mass is 35.5. The molecular formula is C15H13ClFNO2. The van der Waals surface area contributed by atoms with E-state index in [-0.39, 0.29) is 5.56 Å². The maximum absolute atomic E-state index is 13.8. The molecular weight excluding hydrogens is 281 g/mol. The highest BCUT2D eigenvalue weighted by molar-refractivity contribution is 6.17. The lowest BCUT2D eigenvalue weighted by molar-refractivity contribution is 0.102. The summed E-state index contributed by atoms with van der Waals surface area (Å²) in [6.07, 6.45) is 0. The summed E-state index contributed by atoms with van der Waals surface area (Å²) in [5, 5.41) is 2.63. The Morgan fingerprint density at radius 2 is 2.10 bits per heavy atom. The van der Waals surface area contributed by atoms with E-state index in [0.29, 0.717) is 17.3 Å². The van der Waals surface area contributed by atoms with Crippen LogP contribution in [0.3, 0.4) is 0 Å². The monoisotopic (exact) mass is 293 g/mol. The summed E-state index contributed by atoms with van der Waals surface area (Å²) in [5.74, 6) is -0.434. The van der Waals surface area contributed by atoms with Crippen LogP contribution in [0.15, 0.2) is 42.5 Å². The summed E-state index contributed by atoms with van der Waals surface area (Å²) in [6.45, 7) is 0. The van der Waals surface area contributed by atoms with Gasteiger partial charge < -0.3 is 10.1 Å². The second kappa shape index (κ2) is 6.39. The predicted octanol–water partition coefficient (Wildman–Crippen LogP) is 3.83. The number of carbonyl (C=O) groups excluding carboxylic acids is 1. The molecule has 0 bridgehead atoms. The van der Waals surface area contributed by atoms with Crippen molar-refractivity contribution in [1.82, 2.24) is 0 Å². The number of methoxy groups -OCH3 is 1. The van der Waals surface area contributed by atoms with E-state index in [1.165, 1.54) is 25.3 Å². The number of halogens is 2. The standard InChI is InChI=1S/C15H13ClFNO2/c1-20-12-5-6-13(14(17)8-12)15(19)18-11-4-2-3-10(7-11)9-16/h2-8H,9H2,1H3,(H,18,19). The Kier molecular flexibility index (Phi) is 4.58. The van der Waals surface area contributed by atoms with E-state index in [1.54, 1.807) is 18.2 Å². The van der Waals surface area contributed by atoms with E-state index in [9.17, 15) is 9.18 Å². The zero-order valence-electron chi connectivity index (χ0n) is 10.8. The summed E-state index contributed by atoms with van der Waals surface area (Å²) in [7, 11) is 1.44. The van der Waals surface area contributed by atoms with Gasteiger partial charge in [-0.15, -0.1) is 11.6 Å². The van der Waals surface area contributed by atoms with E-state index in [0.717, 1.165) is 5.56 Å². The van der Waals surface area contributed by atoms with Crippen LogP contribution < -0.4 is 10.1 Å². The normalized spacial score (nSPS) is 10.2. The Morgan fingerprint density at radius 3 is 2.75 bits per heavy atom. The summed E-state index contributed by atoms with van der Waals surface area (Å²) in [6, 6.07) is 11.2. The fourth-order valence-electron chi connectivity index (χ4n) is 1.74. The number of benzene rings is 2. The molecule has 0 aliphatic carbocycles. The molecule has 0 fully saturated rings. The molecule has 1 N–H and O–H groups in total. The van der Waals surface area contributed by atoms with Crippen molar-refractivity contribution >= 4 is 23.2 Å². The van der Waals surface area contributed by atoms with Gasteiger partial charge in [0.1, 0.15) is 11.6 Å². The highest BCUT2D eigenvalue weighted by Crippen LogP contribution is 2.18. The molecule has 2 rings (SSSR count). The Hall–Kier alpha value is -2.07. The molecule has 2 aromatic carbocycles. The van der Waals surface area contributed by atoms with Crippen LogP contribution in [0.1, 0.15) is 15.9 Å². The molecule has 0 saturated heterocycles. The van der Waals surface area contributed by atoms with Gasteiger partial charge in [0.2, 0.25) is 0 Å². The van der Waals surface area contributed by atoms with Crippen LogP contribution >= 0.6 is 11.6 Å². The SMILES string of the molecule is COc1ccc(C(=O)Nc2cccc(CCl)c2)c(F)c1. The van der Waals surface area contributed by atoms with Gasteiger partial charge in [0.25, 0.3) is 5.91 Å². The third-order valence-corrected chi connectivity index (χ3v) is 3.07. The van der Waals surface area contributed by atoms with Gasteiger partial charge in [-0.2, -0.15) is 0 Å². The zero-order valence-corrected chi connectivity index (χ0v) is 11.6. The molecule has 2 aromatic rings. The topological polar surface area (TPSA) is 38.3 Å². The molecule has 0 saturated carbocycles. The van der Waals surface area contributed by atoms with E-state index in [2.05, 4.69) is 5.32 Å². The Bertz CT molecular complexity index is 631. The largest absolute Gasteiger partial charge is 0.497 e. The van der Waals surface area contributed by atoms with Crippen molar-refractivity contribution in [3.05, 3.63) is 59.4 Å². The molecule has 0 aromatic heterocycles. The Labute approximate surface area is 121 Å². The maximum atomic E-state index is 13.8. The third kappa shape index (κ3) is 3.27. The lowest BCUT2D eigenvalue weighted by atomic mass is 10.1. The quantitative estimate of drug-likeness (QED) is 0.870. The summed E-state index contributed by atoms with van der Waals surface area (Å²) >= 11 is 5.72. The van der Waals surface area contributed by atoms with E-state index < -0.39 is 11.7 Å². The second-order valence-electron chi connectivity index (χ2n) is 4.13. The molecule has 0 aliphatic heterocycles. The Balaban J connectivity index is 2.19. The van der Waals surface area contributed by atoms with Crippen molar-refractivity contribution in [2.24, 2.45) is 0 Å². The number of alkyl halides is 1. The van der Waals surface area contributed by atoms with Gasteiger partial charge in [0.05, 0.1) is 12.7 Å². The number of amides is 1. The highest BCUT2D eigenvalue weighted by Gasteiger charge is 2.12. The van der Waals surface area contributed by atoms with Crippen LogP contribution in [0.2, 0.25) is 0 Å². The van der Waals surface area contributed by atoms with Gasteiger partial charge >= 0.3 is 0 Å². The van der Waals surface area contributed by atoms with Crippen LogP contribution in [0.5, 0.6) is 5.75 Å². The number of carbonyl (C=O) groups is 1. The van der Waals surface area contributed by atoms with Crippen molar-refractivity contribution in [3.63, 3.8) is 0 Å². The van der Waals surface area contributed by atoms with Crippen LogP contribution in [0.25, 0.3) is 0 Å². The summed E-state index contributed by atoms with van der Waals surface area (Å²) < 4.78 is 18.7. The molecule has 20 heavy (non-hydrogen) atoms. The van der Waals surface area contributed by atoms with Crippen LogP contribution in [-0.2, 0) is 5.88 Å². The van der Waals surface area contributed by atoms with Crippen molar-refractivity contribution in [1.29, 1.82) is 0 Å². The molecule has 0 atom stereocenters. The fourth-order valence-corrected chi connectivity index (χ4v) is 1.90. The van der Waals surface area contributed by atoms with Crippen LogP contribution in [0.4, 0.5) is 10.1 Å². The van der Waals surface area contributed by atoms with Gasteiger partial charge in [-0.05, 0) is 29.8 Å². The van der Waals surface area contributed by atoms with Gasteiger partial charge in [-0.25, -0.2) is 4.39 Å². The first-order valence-electron chi connectivity index (χ1n) is 5.94. The van der Waals surface area contributed by atoms with Crippen molar-refractivity contribution < 1.29 is 13.9 Å². The number of anilines is 1. The molecule has 5 heteroatoms. The lowest BCUT2D eigenvalue weighted by Crippen LogP contribution is -2.13. The smallest absolute Gasteiger partial charge is 0.258 e. The average Bonchev–Trinajstić information content (AvgIpc) is 2.47. The minimum atomic E-state index is -0.629. The predicted molar refractivity (Wildman–Crippen MR) is 76.9 cm³/mol. The summed E-state index contributed by atoms with van der Waals surface area (Å²) in [5.41, 5.74) is 1.41. The van der Waals surface area contributed by atoms with E-state index in [4.69, 9.17) is 16.3 Å². The molecule has 1 amide bonds. The van der Waals surface area contributed by atoms with E-state index >= 15 is 0 Å². The first-order valence-corrected chi connectivity index (χ1v) is 6.47. The number of hydrogen-bond donors (Lipinski definition) is 1. The Morgan fingerprint density at radius 1 is 1.30 bits per heavy atom. The van der Waals surface area contributed by atoms with Crippen molar-refractivity contribution in [2.75, 3.05) is 12.4 Å². The minimum Gasteiger partial charge on any atom is -0.497 e. The van der Waals surface area contributed by atoms with Gasteiger partial charge in [-0.3, -0.25) is 4.79 Å². The van der Waals surface area contributed by atoms with Crippen LogP contribution in [0, 0.1) is 5.82 Å². The fraction of sp³-hybridized carbons (Fsp3) is 0.133. The van der Waals surface area contributed by atoms with Gasteiger partial charge in [0, 0.05) is 17.6 Å². The number of nitrogens with one attached hydrogen (secondary N) is 1. The molecule has 0 radical (unpaired) electrons. The molecule has 0 aliphatic rings. The minimum absolute atomic E-state index is 0.0397. The van der Waals surface area contributed by atoms with Crippen molar-refractivity contribution in [2.45, 2.75) is 5.88 Å². The first-order chi connectivity index (χ1) is 9.63. The first kappa shape index (κ1) is 14.3. The molecule has 0 spiro atoms. The van der Waals surface area contributed by atoms with Gasteiger partial charge in [0.15, 0.2) is 0 Å². The molecule has 0 unspecified atom stereocenters. The lowest BCUT2D eigenvalue weighted by Gasteiger charge is -2.08. The summed E-state index contributed by atoms with van der Waals surface area (Å²) in [4.78, 5) is 12.0. The van der Waals surface area contributed by atoms with E-state index in [1.807, 2.05) is 6.07 Å². The average molecular weight is 294 g/mol.